The van der Waals surface area contributed by atoms with Gasteiger partial charge in [-0.25, -0.2) is 0 Å². The zero-order valence-electron chi connectivity index (χ0n) is 15.8. The third kappa shape index (κ3) is 5.47. The summed E-state index contributed by atoms with van der Waals surface area (Å²) in [7, 11) is 0. The molecule has 8 heteroatoms. The predicted octanol–water partition coefficient (Wildman–Crippen LogP) is 2.69. The quantitative estimate of drug-likeness (QED) is 0.449. The molecule has 2 rings (SSSR count). The number of aliphatic hydroxyl groups excluding tert-OH is 1. The number of allylic oxidation sites excluding steroid dienone is 1. The molecular weight excluding hydrogens is 386 g/mol. The van der Waals surface area contributed by atoms with Crippen LogP contribution in [0.25, 0.3) is 0 Å². The molecule has 0 aliphatic carbocycles. The molecule has 0 fully saturated rings. The fourth-order valence-electron chi connectivity index (χ4n) is 3.21. The van der Waals surface area contributed by atoms with E-state index in [0.29, 0.717) is 25.8 Å². The molecule has 0 saturated heterocycles. The van der Waals surface area contributed by atoms with Crippen LogP contribution in [0.15, 0.2) is 18.2 Å². The molecule has 1 amide bonds. The van der Waals surface area contributed by atoms with Crippen LogP contribution in [0.2, 0.25) is 5.02 Å². The number of fused-ring (bicyclic) bond motifs is 1. The van der Waals surface area contributed by atoms with Crippen molar-refractivity contribution in [2.45, 2.75) is 45.3 Å². The second-order valence-electron chi connectivity index (χ2n) is 6.62. The Bertz CT molecular complexity index is 749. The van der Waals surface area contributed by atoms with E-state index in [1.54, 1.807) is 6.92 Å². The number of hydrogen-bond donors (Lipinski definition) is 4. The lowest BCUT2D eigenvalue weighted by Gasteiger charge is -2.23. The van der Waals surface area contributed by atoms with Crippen molar-refractivity contribution in [3.8, 4) is 11.5 Å². The molecule has 0 aromatic heterocycles. The largest absolute Gasteiger partial charge is 0.507 e. The number of aromatic hydroxyl groups is 2. The van der Waals surface area contributed by atoms with E-state index < -0.39 is 29.6 Å². The molecule has 0 spiro atoms. The average Bonchev–Trinajstić information content (AvgIpc) is 2.64. The van der Waals surface area contributed by atoms with E-state index in [4.69, 9.17) is 16.3 Å². The normalized spacial score (nSPS) is 21.3. The van der Waals surface area contributed by atoms with Gasteiger partial charge in [-0.1, -0.05) is 23.8 Å². The predicted molar refractivity (Wildman–Crippen MR) is 105 cm³/mol. The van der Waals surface area contributed by atoms with Gasteiger partial charge in [-0.3, -0.25) is 9.59 Å². The number of hydrogen-bond acceptors (Lipinski definition) is 6. The van der Waals surface area contributed by atoms with Crippen molar-refractivity contribution in [1.29, 1.82) is 0 Å². The van der Waals surface area contributed by atoms with Gasteiger partial charge in [-0.15, -0.1) is 0 Å². The highest BCUT2D eigenvalue weighted by molar-refractivity contribution is 6.33. The summed E-state index contributed by atoms with van der Waals surface area (Å²) in [4.78, 5) is 25.5. The summed E-state index contributed by atoms with van der Waals surface area (Å²) >= 11 is 6.16. The number of ether oxygens (including phenoxy) is 1. The Kier molecular flexibility index (Phi) is 8.29. The van der Waals surface area contributed by atoms with Crippen molar-refractivity contribution in [3.63, 3.8) is 0 Å². The molecule has 1 heterocycles. The SMILES string of the molecule is CCOC(O)C1CCC/C=C/CCNC(=O)c2c(O)cc(O)c(Cl)c2CC1=O. The Morgan fingerprint density at radius 2 is 1.96 bits per heavy atom. The minimum Gasteiger partial charge on any atom is -0.507 e. The number of halogens is 1. The summed E-state index contributed by atoms with van der Waals surface area (Å²) in [5.41, 5.74) is -0.121. The monoisotopic (exact) mass is 411 g/mol. The summed E-state index contributed by atoms with van der Waals surface area (Å²) in [6.45, 7) is 2.31. The molecule has 0 bridgehead atoms. The molecule has 28 heavy (non-hydrogen) atoms. The molecule has 0 saturated carbocycles. The lowest BCUT2D eigenvalue weighted by molar-refractivity contribution is -0.153. The maximum Gasteiger partial charge on any atom is 0.255 e. The van der Waals surface area contributed by atoms with Gasteiger partial charge < -0.3 is 25.4 Å². The maximum absolute atomic E-state index is 12.9. The highest BCUT2D eigenvalue weighted by Crippen LogP contribution is 2.37. The van der Waals surface area contributed by atoms with Gasteiger partial charge in [0.05, 0.1) is 16.5 Å². The number of phenols is 2. The molecule has 2 atom stereocenters. The fourth-order valence-corrected chi connectivity index (χ4v) is 3.42. The number of ketones is 1. The summed E-state index contributed by atoms with van der Waals surface area (Å²) < 4.78 is 5.21. The minimum atomic E-state index is -1.28. The van der Waals surface area contributed by atoms with Crippen LogP contribution in [0.4, 0.5) is 0 Å². The van der Waals surface area contributed by atoms with Gasteiger partial charge in [0.2, 0.25) is 0 Å². The number of carbonyl (C=O) groups is 2. The van der Waals surface area contributed by atoms with Crippen LogP contribution >= 0.6 is 11.6 Å². The van der Waals surface area contributed by atoms with E-state index in [-0.39, 0.29) is 35.0 Å². The summed E-state index contributed by atoms with van der Waals surface area (Å²) in [5, 5.41) is 32.9. The molecule has 154 valence electrons. The standard InChI is InChI=1S/C20H26ClNO6/c1-2-28-20(27)12-8-6-4-3-5-7-9-22-19(26)17-13(10-14(12)23)18(21)16(25)11-15(17)24/h3,5,11-12,20,24-25,27H,2,4,6-10H2,1H3,(H,22,26)/b5-3+. The van der Waals surface area contributed by atoms with Crippen molar-refractivity contribution in [1.82, 2.24) is 5.32 Å². The van der Waals surface area contributed by atoms with E-state index in [1.165, 1.54) is 0 Å². The second-order valence-corrected chi connectivity index (χ2v) is 7.00. The highest BCUT2D eigenvalue weighted by Gasteiger charge is 2.30. The average molecular weight is 412 g/mol. The molecule has 2 unspecified atom stereocenters. The van der Waals surface area contributed by atoms with Crippen LogP contribution in [0.3, 0.4) is 0 Å². The van der Waals surface area contributed by atoms with Gasteiger partial charge in [0, 0.05) is 25.6 Å². The van der Waals surface area contributed by atoms with Crippen LogP contribution in [-0.2, 0) is 16.0 Å². The van der Waals surface area contributed by atoms with Gasteiger partial charge in [-0.05, 0) is 38.2 Å². The Balaban J connectivity index is 2.46. The Morgan fingerprint density at radius 1 is 1.25 bits per heavy atom. The van der Waals surface area contributed by atoms with Crippen molar-refractivity contribution < 1.29 is 29.6 Å². The number of amides is 1. The molecule has 0 radical (unpaired) electrons. The second kappa shape index (κ2) is 10.5. The highest BCUT2D eigenvalue weighted by atomic mass is 35.5. The van der Waals surface area contributed by atoms with E-state index in [2.05, 4.69) is 5.32 Å². The zero-order chi connectivity index (χ0) is 20.7. The Morgan fingerprint density at radius 3 is 2.68 bits per heavy atom. The first-order valence-electron chi connectivity index (χ1n) is 9.35. The lowest BCUT2D eigenvalue weighted by atomic mass is 9.90. The molecule has 1 aromatic rings. The summed E-state index contributed by atoms with van der Waals surface area (Å²) in [6.07, 6.45) is 4.70. The van der Waals surface area contributed by atoms with Crippen molar-refractivity contribution >= 4 is 23.3 Å². The number of benzene rings is 1. The summed E-state index contributed by atoms with van der Waals surface area (Å²) in [6, 6.07) is 0.973. The van der Waals surface area contributed by atoms with E-state index >= 15 is 0 Å². The van der Waals surface area contributed by atoms with E-state index in [1.807, 2.05) is 12.2 Å². The zero-order valence-corrected chi connectivity index (χ0v) is 16.5. The van der Waals surface area contributed by atoms with Crippen LogP contribution in [0.5, 0.6) is 11.5 Å². The fraction of sp³-hybridized carbons (Fsp3) is 0.500. The lowest BCUT2D eigenvalue weighted by Crippen LogP contribution is -2.33. The van der Waals surface area contributed by atoms with Crippen molar-refractivity contribution in [2.75, 3.05) is 13.2 Å². The topological polar surface area (TPSA) is 116 Å². The number of Topliss-reactive ketones (excluding diaryl/α,β-unsaturated/α-hetero) is 1. The Hall–Kier alpha value is -2.09. The van der Waals surface area contributed by atoms with Gasteiger partial charge in [0.1, 0.15) is 17.3 Å². The van der Waals surface area contributed by atoms with Gasteiger partial charge in [-0.2, -0.15) is 0 Å². The van der Waals surface area contributed by atoms with Gasteiger partial charge >= 0.3 is 0 Å². The van der Waals surface area contributed by atoms with E-state index in [9.17, 15) is 24.9 Å². The van der Waals surface area contributed by atoms with Crippen LogP contribution in [0.1, 0.15) is 48.5 Å². The van der Waals surface area contributed by atoms with E-state index in [0.717, 1.165) is 12.5 Å². The molecule has 7 nitrogen and oxygen atoms in total. The number of phenolic OH excluding ortho intramolecular Hbond substituents is 2. The van der Waals surface area contributed by atoms with Crippen molar-refractivity contribution in [3.05, 3.63) is 34.4 Å². The molecular formula is C20H26ClNO6. The molecule has 1 aliphatic heterocycles. The first kappa shape index (κ1) is 22.2. The number of aliphatic hydroxyl groups is 1. The van der Waals surface area contributed by atoms with Gasteiger partial charge in [0.15, 0.2) is 6.29 Å². The first-order chi connectivity index (χ1) is 13.4. The van der Waals surface area contributed by atoms with Gasteiger partial charge in [0.25, 0.3) is 5.91 Å². The summed E-state index contributed by atoms with van der Waals surface area (Å²) in [5.74, 6) is -2.68. The van der Waals surface area contributed by atoms with Crippen LogP contribution < -0.4 is 5.32 Å². The minimum absolute atomic E-state index is 0.0305. The van der Waals surface area contributed by atoms with Crippen molar-refractivity contribution in [2.24, 2.45) is 5.92 Å². The smallest absolute Gasteiger partial charge is 0.255 e. The third-order valence-corrected chi connectivity index (χ3v) is 5.07. The third-order valence-electron chi connectivity index (χ3n) is 4.64. The molecule has 1 aromatic carbocycles. The molecule has 1 aliphatic rings. The number of nitrogens with one attached hydrogen (secondary N) is 1. The maximum atomic E-state index is 12.9. The Labute approximate surface area is 169 Å². The number of carbonyl (C=O) groups excluding carboxylic acids is 2. The van der Waals surface area contributed by atoms with Crippen LogP contribution in [-0.4, -0.2) is 46.5 Å². The first-order valence-corrected chi connectivity index (χ1v) is 9.73. The number of rotatable bonds is 3. The molecule has 4 N–H and O–H groups in total. The van der Waals surface area contributed by atoms with Crippen LogP contribution in [0, 0.1) is 5.92 Å².